The Morgan fingerprint density at radius 3 is 2.40 bits per heavy atom. The SMILES string of the molecule is NC1(C(=O)NC(CC(=O)O)c2ccccc2)CCCC1. The molecule has 4 N–H and O–H groups in total. The van der Waals surface area contributed by atoms with Crippen molar-refractivity contribution in [3.8, 4) is 0 Å². The molecule has 1 aromatic rings. The highest BCUT2D eigenvalue weighted by Gasteiger charge is 2.38. The van der Waals surface area contributed by atoms with Gasteiger partial charge in [-0.05, 0) is 18.4 Å². The highest BCUT2D eigenvalue weighted by molar-refractivity contribution is 5.87. The quantitative estimate of drug-likeness (QED) is 0.761. The second-order valence-corrected chi connectivity index (χ2v) is 5.40. The van der Waals surface area contributed by atoms with Gasteiger partial charge in [0, 0.05) is 0 Å². The van der Waals surface area contributed by atoms with Crippen molar-refractivity contribution in [2.45, 2.75) is 43.7 Å². The predicted octanol–water partition coefficient (Wildman–Crippen LogP) is 1.59. The van der Waals surface area contributed by atoms with Gasteiger partial charge in [-0.2, -0.15) is 0 Å². The average Bonchev–Trinajstić information content (AvgIpc) is 2.87. The molecule has 5 heteroatoms. The minimum Gasteiger partial charge on any atom is -0.481 e. The molecule has 5 nitrogen and oxygen atoms in total. The lowest BCUT2D eigenvalue weighted by atomic mass is 9.96. The summed E-state index contributed by atoms with van der Waals surface area (Å²) in [6, 6.07) is 8.58. The lowest BCUT2D eigenvalue weighted by Crippen LogP contribution is -2.52. The molecule has 0 bridgehead atoms. The number of carbonyl (C=O) groups is 2. The van der Waals surface area contributed by atoms with Crippen LogP contribution in [0, 0.1) is 0 Å². The van der Waals surface area contributed by atoms with Gasteiger partial charge in [0.05, 0.1) is 18.0 Å². The predicted molar refractivity (Wildman–Crippen MR) is 75.0 cm³/mol. The Morgan fingerprint density at radius 1 is 1.25 bits per heavy atom. The Balaban J connectivity index is 2.12. The number of rotatable bonds is 5. The van der Waals surface area contributed by atoms with Crippen molar-refractivity contribution in [1.82, 2.24) is 5.32 Å². The van der Waals surface area contributed by atoms with Crippen LogP contribution >= 0.6 is 0 Å². The first-order valence-electron chi connectivity index (χ1n) is 6.88. The number of hydrogen-bond donors (Lipinski definition) is 3. The summed E-state index contributed by atoms with van der Waals surface area (Å²) in [5.41, 5.74) is 6.04. The Bertz CT molecular complexity index is 481. The summed E-state index contributed by atoms with van der Waals surface area (Å²) in [6.45, 7) is 0. The number of carboxylic acids is 1. The maximum atomic E-state index is 12.3. The van der Waals surface area contributed by atoms with E-state index in [-0.39, 0.29) is 12.3 Å². The summed E-state index contributed by atoms with van der Waals surface area (Å²) in [5, 5.41) is 11.8. The van der Waals surface area contributed by atoms with Crippen LogP contribution < -0.4 is 11.1 Å². The zero-order chi connectivity index (χ0) is 14.6. The third-order valence-electron chi connectivity index (χ3n) is 3.83. The second-order valence-electron chi connectivity index (χ2n) is 5.40. The molecular weight excluding hydrogens is 256 g/mol. The molecule has 108 valence electrons. The van der Waals surface area contributed by atoms with Crippen LogP contribution in [0.25, 0.3) is 0 Å². The van der Waals surface area contributed by atoms with E-state index in [4.69, 9.17) is 10.8 Å². The van der Waals surface area contributed by atoms with Crippen molar-refractivity contribution in [2.24, 2.45) is 5.73 Å². The average molecular weight is 276 g/mol. The number of carboxylic acid groups (broad SMARTS) is 1. The van der Waals surface area contributed by atoms with Crippen LogP contribution in [-0.2, 0) is 9.59 Å². The van der Waals surface area contributed by atoms with E-state index in [9.17, 15) is 9.59 Å². The molecule has 0 aromatic heterocycles. The molecule has 20 heavy (non-hydrogen) atoms. The molecular formula is C15H20N2O3. The number of carbonyl (C=O) groups excluding carboxylic acids is 1. The van der Waals surface area contributed by atoms with Gasteiger partial charge in [-0.1, -0.05) is 43.2 Å². The topological polar surface area (TPSA) is 92.4 Å². The molecule has 0 spiro atoms. The summed E-state index contributed by atoms with van der Waals surface area (Å²) < 4.78 is 0. The molecule has 0 saturated heterocycles. The second kappa shape index (κ2) is 6.05. The Labute approximate surface area is 118 Å². The maximum Gasteiger partial charge on any atom is 0.305 e. The minimum absolute atomic E-state index is 0.147. The smallest absolute Gasteiger partial charge is 0.305 e. The van der Waals surface area contributed by atoms with Crippen LogP contribution in [0.4, 0.5) is 0 Å². The van der Waals surface area contributed by atoms with Crippen molar-refractivity contribution in [3.63, 3.8) is 0 Å². The fourth-order valence-corrected chi connectivity index (χ4v) is 2.65. The fourth-order valence-electron chi connectivity index (χ4n) is 2.65. The number of benzene rings is 1. The van der Waals surface area contributed by atoms with Gasteiger partial charge in [0.2, 0.25) is 5.91 Å². The van der Waals surface area contributed by atoms with Gasteiger partial charge in [0.15, 0.2) is 0 Å². The molecule has 1 aliphatic rings. The van der Waals surface area contributed by atoms with Crippen LogP contribution in [0.15, 0.2) is 30.3 Å². The normalized spacial score (nSPS) is 18.4. The van der Waals surface area contributed by atoms with E-state index in [0.717, 1.165) is 18.4 Å². The van der Waals surface area contributed by atoms with Gasteiger partial charge in [0.1, 0.15) is 0 Å². The van der Waals surface area contributed by atoms with Crippen molar-refractivity contribution in [1.29, 1.82) is 0 Å². The molecule has 1 fully saturated rings. The van der Waals surface area contributed by atoms with Crippen LogP contribution in [0.2, 0.25) is 0 Å². The number of amides is 1. The molecule has 1 aromatic carbocycles. The van der Waals surface area contributed by atoms with Crippen LogP contribution in [0.5, 0.6) is 0 Å². The highest BCUT2D eigenvalue weighted by atomic mass is 16.4. The van der Waals surface area contributed by atoms with Gasteiger partial charge >= 0.3 is 5.97 Å². The molecule has 1 aliphatic carbocycles. The number of nitrogens with one attached hydrogen (secondary N) is 1. The van der Waals surface area contributed by atoms with Crippen LogP contribution in [0.1, 0.15) is 43.7 Å². The zero-order valence-corrected chi connectivity index (χ0v) is 11.3. The van der Waals surface area contributed by atoms with E-state index in [0.29, 0.717) is 12.8 Å². The van der Waals surface area contributed by atoms with E-state index >= 15 is 0 Å². The summed E-state index contributed by atoms with van der Waals surface area (Å²) in [5.74, 6) is -1.19. The first kappa shape index (κ1) is 14.5. The molecule has 1 amide bonds. The minimum atomic E-state index is -0.948. The molecule has 2 rings (SSSR count). The van der Waals surface area contributed by atoms with E-state index in [1.165, 1.54) is 0 Å². The van der Waals surface area contributed by atoms with Crippen LogP contribution in [0.3, 0.4) is 0 Å². The highest BCUT2D eigenvalue weighted by Crippen LogP contribution is 2.28. The molecule has 0 heterocycles. The number of nitrogens with two attached hydrogens (primary N) is 1. The fraction of sp³-hybridized carbons (Fsp3) is 0.467. The molecule has 1 atom stereocenters. The van der Waals surface area contributed by atoms with Crippen molar-refractivity contribution < 1.29 is 14.7 Å². The third kappa shape index (κ3) is 3.36. The summed E-state index contributed by atoms with van der Waals surface area (Å²) in [4.78, 5) is 23.3. The third-order valence-corrected chi connectivity index (χ3v) is 3.83. The molecule has 1 saturated carbocycles. The Morgan fingerprint density at radius 2 is 1.85 bits per heavy atom. The Kier molecular flexibility index (Phi) is 4.39. The van der Waals surface area contributed by atoms with E-state index in [1.807, 2.05) is 30.3 Å². The van der Waals surface area contributed by atoms with Gasteiger partial charge in [-0.3, -0.25) is 9.59 Å². The summed E-state index contributed by atoms with van der Waals surface area (Å²) >= 11 is 0. The summed E-state index contributed by atoms with van der Waals surface area (Å²) in [6.07, 6.45) is 3.06. The first-order valence-corrected chi connectivity index (χ1v) is 6.88. The van der Waals surface area contributed by atoms with Gasteiger partial charge in [0.25, 0.3) is 0 Å². The van der Waals surface area contributed by atoms with Crippen molar-refractivity contribution >= 4 is 11.9 Å². The van der Waals surface area contributed by atoms with E-state index < -0.39 is 17.6 Å². The first-order chi connectivity index (χ1) is 9.51. The standard InChI is InChI=1S/C15H20N2O3/c16-15(8-4-5-9-15)14(20)17-12(10-13(18)19)11-6-2-1-3-7-11/h1-3,6-7,12H,4-5,8-10,16H2,(H,17,20)(H,18,19). The van der Waals surface area contributed by atoms with Gasteiger partial charge < -0.3 is 16.2 Å². The monoisotopic (exact) mass is 276 g/mol. The van der Waals surface area contributed by atoms with Crippen molar-refractivity contribution in [2.75, 3.05) is 0 Å². The van der Waals surface area contributed by atoms with E-state index in [1.54, 1.807) is 0 Å². The van der Waals surface area contributed by atoms with Crippen molar-refractivity contribution in [3.05, 3.63) is 35.9 Å². The van der Waals surface area contributed by atoms with E-state index in [2.05, 4.69) is 5.32 Å². The maximum absolute atomic E-state index is 12.3. The zero-order valence-electron chi connectivity index (χ0n) is 11.3. The lowest BCUT2D eigenvalue weighted by Gasteiger charge is -2.26. The lowest BCUT2D eigenvalue weighted by molar-refractivity contribution is -0.138. The summed E-state index contributed by atoms with van der Waals surface area (Å²) in [7, 11) is 0. The van der Waals surface area contributed by atoms with Gasteiger partial charge in [-0.25, -0.2) is 0 Å². The number of hydrogen-bond acceptors (Lipinski definition) is 3. The molecule has 0 radical (unpaired) electrons. The number of aliphatic carboxylic acids is 1. The van der Waals surface area contributed by atoms with Crippen LogP contribution in [-0.4, -0.2) is 22.5 Å². The molecule has 1 unspecified atom stereocenters. The molecule has 0 aliphatic heterocycles. The Hall–Kier alpha value is -1.88. The largest absolute Gasteiger partial charge is 0.481 e. The van der Waals surface area contributed by atoms with Gasteiger partial charge in [-0.15, -0.1) is 0 Å².